The van der Waals surface area contributed by atoms with Gasteiger partial charge in [-0.2, -0.15) is 0 Å². The van der Waals surface area contributed by atoms with Gasteiger partial charge in [0.2, 0.25) is 0 Å². The molecule has 0 bridgehead atoms. The zero-order chi connectivity index (χ0) is 17.7. The lowest BCUT2D eigenvalue weighted by Gasteiger charge is -2.00. The molecule has 4 nitrogen and oxygen atoms in total. The molecule has 1 N–H and O–H groups in total. The Hall–Kier alpha value is -3.12. The van der Waals surface area contributed by atoms with Gasteiger partial charge in [0, 0.05) is 18.0 Å². The predicted octanol–water partition coefficient (Wildman–Crippen LogP) is 5.35. The Morgan fingerprint density at radius 3 is 2.81 bits per heavy atom. The lowest BCUT2D eigenvalue weighted by molar-refractivity contribution is 0.630. The number of aromatic nitrogens is 4. The number of hydrogen-bond acceptors (Lipinski definition) is 4. The second kappa shape index (κ2) is 5.71. The molecule has 5 rings (SSSR count). The van der Waals surface area contributed by atoms with Crippen molar-refractivity contribution in [1.82, 2.24) is 19.9 Å². The molecule has 0 saturated carbocycles. The van der Waals surface area contributed by atoms with Crippen molar-refractivity contribution in [2.24, 2.45) is 0 Å². The summed E-state index contributed by atoms with van der Waals surface area (Å²) in [5.74, 6) is 0.250. The monoisotopic (exact) mass is 360 g/mol. The van der Waals surface area contributed by atoms with Crippen molar-refractivity contribution in [2.75, 3.05) is 0 Å². The number of nitrogens with one attached hydrogen (secondary N) is 1. The fourth-order valence-corrected chi connectivity index (χ4v) is 3.92. The third kappa shape index (κ3) is 2.46. The molecule has 0 amide bonds. The largest absolute Gasteiger partial charge is 0.338 e. The number of thiazole rings is 1. The number of nitrogens with zero attached hydrogens (tertiary/aromatic N) is 3. The lowest BCUT2D eigenvalue weighted by Crippen LogP contribution is -1.87. The number of aromatic amines is 1. The van der Waals surface area contributed by atoms with Crippen LogP contribution in [0.3, 0.4) is 0 Å². The molecular weight excluding hydrogens is 347 g/mol. The highest BCUT2D eigenvalue weighted by Gasteiger charge is 2.12. The Kier molecular flexibility index (Phi) is 3.33. The minimum absolute atomic E-state index is 0.284. The van der Waals surface area contributed by atoms with Gasteiger partial charge in [0.25, 0.3) is 0 Å². The van der Waals surface area contributed by atoms with E-state index in [0.29, 0.717) is 11.4 Å². The van der Waals surface area contributed by atoms with Crippen LogP contribution >= 0.6 is 11.3 Å². The normalized spacial score (nSPS) is 11.5. The molecule has 0 aliphatic rings. The third-order valence-electron chi connectivity index (χ3n) is 4.30. The molecule has 6 heteroatoms. The SMILES string of the molecule is Cc1ccc(F)c(-c2nc3ccc(-c4nc5ccncc5s4)cc3[nH]2)c1. The fourth-order valence-electron chi connectivity index (χ4n) is 2.99. The van der Waals surface area contributed by atoms with Gasteiger partial charge in [-0.05, 0) is 43.3 Å². The average molecular weight is 360 g/mol. The molecule has 0 spiro atoms. The molecule has 0 aliphatic heterocycles. The van der Waals surface area contributed by atoms with Crippen molar-refractivity contribution in [1.29, 1.82) is 0 Å². The maximum Gasteiger partial charge on any atom is 0.141 e. The molecular formula is C20H13FN4S. The van der Waals surface area contributed by atoms with Crippen molar-refractivity contribution in [2.45, 2.75) is 6.92 Å². The van der Waals surface area contributed by atoms with Crippen LogP contribution in [0.1, 0.15) is 5.56 Å². The predicted molar refractivity (Wildman–Crippen MR) is 103 cm³/mol. The van der Waals surface area contributed by atoms with Crippen LogP contribution < -0.4 is 0 Å². The molecule has 0 unspecified atom stereocenters. The first kappa shape index (κ1) is 15.2. The van der Waals surface area contributed by atoms with E-state index in [1.807, 2.05) is 37.4 Å². The van der Waals surface area contributed by atoms with E-state index in [1.165, 1.54) is 6.07 Å². The van der Waals surface area contributed by atoms with Crippen LogP contribution in [0.5, 0.6) is 0 Å². The van der Waals surface area contributed by atoms with Crippen molar-refractivity contribution in [3.05, 3.63) is 66.2 Å². The van der Waals surface area contributed by atoms with Gasteiger partial charge >= 0.3 is 0 Å². The molecule has 3 heterocycles. The highest BCUT2D eigenvalue weighted by molar-refractivity contribution is 7.21. The first-order chi connectivity index (χ1) is 12.7. The van der Waals surface area contributed by atoms with E-state index in [4.69, 9.17) is 0 Å². The number of imidazole rings is 1. The van der Waals surface area contributed by atoms with E-state index in [2.05, 4.69) is 19.9 Å². The van der Waals surface area contributed by atoms with E-state index in [9.17, 15) is 4.39 Å². The fraction of sp³-hybridized carbons (Fsp3) is 0.0500. The van der Waals surface area contributed by atoms with E-state index >= 15 is 0 Å². The van der Waals surface area contributed by atoms with Crippen LogP contribution in [-0.2, 0) is 0 Å². The van der Waals surface area contributed by atoms with Crippen LogP contribution in [-0.4, -0.2) is 19.9 Å². The molecule has 126 valence electrons. The topological polar surface area (TPSA) is 54.5 Å². The molecule has 0 atom stereocenters. The maximum atomic E-state index is 14.2. The van der Waals surface area contributed by atoms with Crippen LogP contribution in [0.4, 0.5) is 4.39 Å². The highest BCUT2D eigenvalue weighted by atomic mass is 32.1. The van der Waals surface area contributed by atoms with Crippen molar-refractivity contribution in [3.63, 3.8) is 0 Å². The van der Waals surface area contributed by atoms with Gasteiger partial charge in [-0.3, -0.25) is 4.98 Å². The Morgan fingerprint density at radius 2 is 1.92 bits per heavy atom. The number of H-pyrrole nitrogens is 1. The summed E-state index contributed by atoms with van der Waals surface area (Å²) in [6, 6.07) is 12.9. The standard InChI is InChI=1S/C20H13FN4S/c1-11-2-4-14(21)13(8-11)19-23-15-5-3-12(9-17(15)24-19)20-25-16-6-7-22-10-18(16)26-20/h2-10H,1H3,(H,23,24). The van der Waals surface area contributed by atoms with Crippen LogP contribution in [0, 0.1) is 12.7 Å². The Bertz CT molecular complexity index is 1240. The quantitative estimate of drug-likeness (QED) is 0.462. The van der Waals surface area contributed by atoms with Crippen molar-refractivity contribution < 1.29 is 4.39 Å². The summed E-state index contributed by atoms with van der Waals surface area (Å²) >= 11 is 1.60. The molecule has 0 fully saturated rings. The van der Waals surface area contributed by atoms with E-state index in [0.717, 1.165) is 37.4 Å². The summed E-state index contributed by atoms with van der Waals surface area (Å²) < 4.78 is 15.2. The Balaban J connectivity index is 1.63. The van der Waals surface area contributed by atoms with Gasteiger partial charge in [0.1, 0.15) is 16.6 Å². The molecule has 0 saturated heterocycles. The number of fused-ring (bicyclic) bond motifs is 2. The van der Waals surface area contributed by atoms with Crippen molar-refractivity contribution >= 4 is 32.6 Å². The molecule has 26 heavy (non-hydrogen) atoms. The van der Waals surface area contributed by atoms with Crippen LogP contribution in [0.15, 0.2) is 54.9 Å². The van der Waals surface area contributed by atoms with Gasteiger partial charge in [0.15, 0.2) is 0 Å². The molecule has 5 aromatic rings. The summed E-state index contributed by atoms with van der Waals surface area (Å²) in [4.78, 5) is 16.6. The summed E-state index contributed by atoms with van der Waals surface area (Å²) in [6.07, 6.45) is 3.57. The molecule has 0 radical (unpaired) electrons. The van der Waals surface area contributed by atoms with E-state index < -0.39 is 0 Å². The van der Waals surface area contributed by atoms with Crippen LogP contribution in [0.2, 0.25) is 0 Å². The molecule has 0 aliphatic carbocycles. The number of hydrogen-bond donors (Lipinski definition) is 1. The average Bonchev–Trinajstić information content (AvgIpc) is 3.26. The third-order valence-corrected chi connectivity index (χ3v) is 5.35. The summed E-state index contributed by atoms with van der Waals surface area (Å²) in [5.41, 5.74) is 5.06. The number of rotatable bonds is 2. The summed E-state index contributed by atoms with van der Waals surface area (Å²) in [6.45, 7) is 1.94. The summed E-state index contributed by atoms with van der Waals surface area (Å²) in [7, 11) is 0. The van der Waals surface area contributed by atoms with Crippen molar-refractivity contribution in [3.8, 4) is 22.0 Å². The van der Waals surface area contributed by atoms with E-state index in [-0.39, 0.29) is 5.82 Å². The zero-order valence-electron chi connectivity index (χ0n) is 13.8. The van der Waals surface area contributed by atoms with Gasteiger partial charge in [-0.15, -0.1) is 11.3 Å². The minimum Gasteiger partial charge on any atom is -0.338 e. The van der Waals surface area contributed by atoms with Gasteiger partial charge in [0.05, 0.1) is 26.8 Å². The number of pyridine rings is 1. The Labute approximate surface area is 152 Å². The van der Waals surface area contributed by atoms with Gasteiger partial charge in [-0.1, -0.05) is 11.6 Å². The highest BCUT2D eigenvalue weighted by Crippen LogP contribution is 2.32. The molecule has 3 aromatic heterocycles. The van der Waals surface area contributed by atoms with Gasteiger partial charge in [-0.25, -0.2) is 14.4 Å². The minimum atomic E-state index is -0.284. The molecule has 2 aromatic carbocycles. The van der Waals surface area contributed by atoms with Gasteiger partial charge < -0.3 is 4.98 Å². The number of aryl methyl sites for hydroxylation is 1. The number of halogens is 1. The van der Waals surface area contributed by atoms with Crippen LogP contribution in [0.25, 0.3) is 43.2 Å². The second-order valence-electron chi connectivity index (χ2n) is 6.16. The summed E-state index contributed by atoms with van der Waals surface area (Å²) in [5, 5.41) is 0.924. The Morgan fingerprint density at radius 1 is 1.00 bits per heavy atom. The zero-order valence-corrected chi connectivity index (χ0v) is 14.6. The maximum absolute atomic E-state index is 14.2. The number of benzene rings is 2. The second-order valence-corrected chi connectivity index (χ2v) is 7.19. The smallest absolute Gasteiger partial charge is 0.141 e. The first-order valence-corrected chi connectivity index (χ1v) is 8.96. The lowest BCUT2D eigenvalue weighted by atomic mass is 10.1. The van der Waals surface area contributed by atoms with E-state index in [1.54, 1.807) is 29.7 Å². The first-order valence-electron chi connectivity index (χ1n) is 8.14.